The van der Waals surface area contributed by atoms with Gasteiger partial charge in [0, 0.05) is 25.1 Å². The molecule has 0 unspecified atom stereocenters. The molecule has 1 aromatic heterocycles. The number of anilines is 2. The number of aromatic nitrogens is 2. The Labute approximate surface area is 198 Å². The van der Waals surface area contributed by atoms with Gasteiger partial charge in [-0.1, -0.05) is 54.2 Å². The van der Waals surface area contributed by atoms with Crippen molar-refractivity contribution in [2.45, 2.75) is 33.6 Å². The molecule has 0 aliphatic rings. The van der Waals surface area contributed by atoms with E-state index < -0.39 is 0 Å². The molecule has 1 heterocycles. The predicted octanol–water partition coefficient (Wildman–Crippen LogP) is 5.18. The Morgan fingerprint density at radius 3 is 2.61 bits per heavy atom. The van der Waals surface area contributed by atoms with Crippen molar-refractivity contribution in [3.05, 3.63) is 54.1 Å². The van der Waals surface area contributed by atoms with Crippen molar-refractivity contribution >= 4 is 34.1 Å². The summed E-state index contributed by atoms with van der Waals surface area (Å²) in [7, 11) is 0. The highest BCUT2D eigenvalue weighted by atomic mass is 32.1. The number of para-hydroxylation sites is 2. The van der Waals surface area contributed by atoms with Crippen molar-refractivity contribution in [2.75, 3.05) is 30.3 Å². The Morgan fingerprint density at radius 2 is 1.85 bits per heavy atom. The van der Waals surface area contributed by atoms with E-state index in [1.165, 1.54) is 11.3 Å². The van der Waals surface area contributed by atoms with Crippen LogP contribution in [0.15, 0.2) is 48.5 Å². The molecule has 0 aliphatic heterocycles. The number of hydrogen-bond acceptors (Lipinski definition) is 6. The fourth-order valence-corrected chi connectivity index (χ4v) is 3.97. The van der Waals surface area contributed by atoms with E-state index in [0.29, 0.717) is 29.7 Å². The van der Waals surface area contributed by atoms with Crippen LogP contribution in [-0.2, 0) is 4.79 Å². The van der Waals surface area contributed by atoms with Crippen LogP contribution in [0.5, 0.6) is 5.75 Å². The van der Waals surface area contributed by atoms with Crippen LogP contribution in [0.4, 0.5) is 15.6 Å². The zero-order valence-electron chi connectivity index (χ0n) is 19.1. The van der Waals surface area contributed by atoms with Gasteiger partial charge in [0.15, 0.2) is 0 Å². The van der Waals surface area contributed by atoms with Crippen molar-refractivity contribution < 1.29 is 14.3 Å². The summed E-state index contributed by atoms with van der Waals surface area (Å²) in [5, 5.41) is 15.1. The minimum Gasteiger partial charge on any atom is -0.492 e. The molecule has 9 heteroatoms. The number of ether oxygens (including phenoxy) is 1. The van der Waals surface area contributed by atoms with Gasteiger partial charge in [0.25, 0.3) is 0 Å². The molecule has 0 atom stereocenters. The van der Waals surface area contributed by atoms with E-state index in [4.69, 9.17) is 4.74 Å². The van der Waals surface area contributed by atoms with Crippen molar-refractivity contribution in [3.8, 4) is 16.3 Å². The van der Waals surface area contributed by atoms with Crippen molar-refractivity contribution in [1.29, 1.82) is 0 Å². The van der Waals surface area contributed by atoms with E-state index in [0.717, 1.165) is 22.6 Å². The number of nitrogens with one attached hydrogen (secondary N) is 2. The monoisotopic (exact) mass is 467 g/mol. The number of hydrogen-bond donors (Lipinski definition) is 2. The largest absolute Gasteiger partial charge is 0.492 e. The van der Waals surface area contributed by atoms with Crippen molar-refractivity contribution in [1.82, 2.24) is 15.1 Å². The van der Waals surface area contributed by atoms with Crippen molar-refractivity contribution in [2.24, 2.45) is 0 Å². The lowest BCUT2D eigenvalue weighted by atomic mass is 10.1. The van der Waals surface area contributed by atoms with E-state index >= 15 is 0 Å². The maximum Gasteiger partial charge on any atom is 0.321 e. The highest BCUT2D eigenvalue weighted by molar-refractivity contribution is 7.18. The third-order valence-corrected chi connectivity index (χ3v) is 5.64. The molecule has 8 nitrogen and oxygen atoms in total. The summed E-state index contributed by atoms with van der Waals surface area (Å²) in [4.78, 5) is 26.9. The minimum atomic E-state index is -0.269. The summed E-state index contributed by atoms with van der Waals surface area (Å²) < 4.78 is 5.57. The topological polar surface area (TPSA) is 96.5 Å². The van der Waals surface area contributed by atoms with E-state index in [2.05, 4.69) is 20.8 Å². The van der Waals surface area contributed by atoms with Gasteiger partial charge < -0.3 is 20.3 Å². The molecule has 0 saturated heterocycles. The third kappa shape index (κ3) is 7.01. The summed E-state index contributed by atoms with van der Waals surface area (Å²) >= 11 is 1.32. The molecule has 174 valence electrons. The maximum atomic E-state index is 12.8. The van der Waals surface area contributed by atoms with Crippen LogP contribution < -0.4 is 15.4 Å². The molecular weight excluding hydrogens is 438 g/mol. The van der Waals surface area contributed by atoms with Crippen LogP contribution in [0.3, 0.4) is 0 Å². The average Bonchev–Trinajstić information content (AvgIpc) is 3.26. The number of aryl methyl sites for hydroxylation is 1. The molecule has 0 aliphatic carbocycles. The Bertz CT molecular complexity index is 1090. The summed E-state index contributed by atoms with van der Waals surface area (Å²) in [5.74, 6) is 0.397. The summed E-state index contributed by atoms with van der Waals surface area (Å²) in [6.45, 7) is 7.22. The lowest BCUT2D eigenvalue weighted by molar-refractivity contribution is -0.116. The predicted molar refractivity (Wildman–Crippen MR) is 132 cm³/mol. The zero-order chi connectivity index (χ0) is 23.6. The van der Waals surface area contributed by atoms with Crippen molar-refractivity contribution in [3.63, 3.8) is 0 Å². The van der Waals surface area contributed by atoms with Crippen LogP contribution in [0.25, 0.3) is 10.6 Å². The van der Waals surface area contributed by atoms with Crippen LogP contribution in [0.1, 0.15) is 32.3 Å². The molecule has 0 radical (unpaired) electrons. The quantitative estimate of drug-likeness (QED) is 0.428. The standard InChI is InChI=1S/C24H29N5O3S/c1-4-14-29(24(31)25-19-11-6-7-12-20(19)32-5-2)15-13-21(30)26-23-28-27-22(33-23)18-10-8-9-17(3)16-18/h6-12,16H,4-5,13-15H2,1-3H3,(H,25,31)(H,26,28,30). The molecule has 3 aromatic rings. The Balaban J connectivity index is 1.56. The van der Waals surface area contributed by atoms with Crippen LogP contribution >= 0.6 is 11.3 Å². The van der Waals surface area contributed by atoms with E-state index in [1.54, 1.807) is 11.0 Å². The molecular formula is C24H29N5O3S. The molecule has 0 fully saturated rings. The number of carbonyl (C=O) groups is 2. The molecule has 3 amide bonds. The minimum absolute atomic E-state index is 0.153. The van der Waals surface area contributed by atoms with E-state index in [1.807, 2.05) is 63.2 Å². The van der Waals surface area contributed by atoms with Crippen LogP contribution in [0.2, 0.25) is 0 Å². The third-order valence-electron chi connectivity index (χ3n) is 4.75. The average molecular weight is 468 g/mol. The first kappa shape index (κ1) is 24.2. The second kappa shape index (κ2) is 12.0. The first-order valence-corrected chi connectivity index (χ1v) is 11.8. The second-order valence-electron chi connectivity index (χ2n) is 7.43. The summed E-state index contributed by atoms with van der Waals surface area (Å²) in [5.41, 5.74) is 2.70. The fraction of sp³-hybridized carbons (Fsp3) is 0.333. The van der Waals surface area contributed by atoms with Crippen LogP contribution in [0, 0.1) is 6.92 Å². The molecule has 33 heavy (non-hydrogen) atoms. The number of rotatable bonds is 10. The van der Waals surface area contributed by atoms with Crippen LogP contribution in [-0.4, -0.2) is 46.7 Å². The van der Waals surface area contributed by atoms with Gasteiger partial charge in [-0.3, -0.25) is 4.79 Å². The van der Waals surface area contributed by atoms with Gasteiger partial charge in [-0.25, -0.2) is 4.79 Å². The zero-order valence-corrected chi connectivity index (χ0v) is 19.9. The number of amides is 3. The van der Waals surface area contributed by atoms with Gasteiger partial charge in [0.1, 0.15) is 10.8 Å². The molecule has 3 rings (SSSR count). The normalized spacial score (nSPS) is 10.5. The second-order valence-corrected chi connectivity index (χ2v) is 8.40. The highest BCUT2D eigenvalue weighted by Gasteiger charge is 2.17. The Kier molecular flexibility index (Phi) is 8.77. The number of carbonyl (C=O) groups excluding carboxylic acids is 2. The van der Waals surface area contributed by atoms with E-state index in [-0.39, 0.29) is 24.9 Å². The van der Waals surface area contributed by atoms with Gasteiger partial charge in [-0.15, -0.1) is 10.2 Å². The fourth-order valence-electron chi connectivity index (χ4n) is 3.22. The lowest BCUT2D eigenvalue weighted by Crippen LogP contribution is -2.37. The maximum absolute atomic E-state index is 12.8. The number of benzene rings is 2. The van der Waals surface area contributed by atoms with E-state index in [9.17, 15) is 9.59 Å². The Morgan fingerprint density at radius 1 is 1.03 bits per heavy atom. The molecule has 0 saturated carbocycles. The summed E-state index contributed by atoms with van der Waals surface area (Å²) in [6, 6.07) is 15.0. The molecule has 2 N–H and O–H groups in total. The first-order valence-electron chi connectivity index (χ1n) is 11.0. The number of nitrogens with zero attached hydrogens (tertiary/aromatic N) is 3. The Hall–Kier alpha value is -3.46. The van der Waals surface area contributed by atoms with Gasteiger partial charge in [-0.05, 0) is 38.5 Å². The summed E-state index contributed by atoms with van der Waals surface area (Å²) in [6.07, 6.45) is 0.929. The molecule has 0 spiro atoms. The smallest absolute Gasteiger partial charge is 0.321 e. The SMILES string of the molecule is CCCN(CCC(=O)Nc1nnc(-c2cccc(C)c2)s1)C(=O)Nc1ccccc1OCC. The highest BCUT2D eigenvalue weighted by Crippen LogP contribution is 2.27. The molecule has 0 bridgehead atoms. The molecule has 2 aromatic carbocycles. The first-order chi connectivity index (χ1) is 16.0. The van der Waals surface area contributed by atoms with Gasteiger partial charge in [0.2, 0.25) is 11.0 Å². The number of urea groups is 1. The lowest BCUT2D eigenvalue weighted by Gasteiger charge is -2.23. The van der Waals surface area contributed by atoms with Gasteiger partial charge in [0.05, 0.1) is 12.3 Å². The van der Waals surface area contributed by atoms with Gasteiger partial charge >= 0.3 is 6.03 Å². The van der Waals surface area contributed by atoms with Gasteiger partial charge in [-0.2, -0.15) is 0 Å².